The van der Waals surface area contributed by atoms with E-state index in [4.69, 9.17) is 11.6 Å². The summed E-state index contributed by atoms with van der Waals surface area (Å²) in [5.41, 5.74) is 0. The van der Waals surface area contributed by atoms with Crippen LogP contribution >= 0.6 is 11.6 Å². The maximum Gasteiger partial charge on any atom is 0.0404 e. The van der Waals surface area contributed by atoms with Crippen molar-refractivity contribution in [3.63, 3.8) is 0 Å². The van der Waals surface area contributed by atoms with Crippen LogP contribution in [0.1, 0.15) is 20.3 Å². The number of rotatable bonds is 3. The van der Waals surface area contributed by atoms with Crippen molar-refractivity contribution < 1.29 is 0 Å². The molecule has 70 valence electrons. The standard InChI is InChI=1S/C10H18ClN/c1-9-7-10(2)12(8-9)6-4-3-5-11/h3-4,9-10H,5-8H2,1-2H3/b4-3+. The number of hydrogen-bond donors (Lipinski definition) is 0. The highest BCUT2D eigenvalue weighted by atomic mass is 35.5. The lowest BCUT2D eigenvalue weighted by Crippen LogP contribution is -2.27. The van der Waals surface area contributed by atoms with Crippen molar-refractivity contribution in [2.45, 2.75) is 26.3 Å². The number of likely N-dealkylation sites (tertiary alicyclic amines) is 1. The zero-order chi connectivity index (χ0) is 8.97. The van der Waals surface area contributed by atoms with Crippen molar-refractivity contribution in [1.29, 1.82) is 0 Å². The van der Waals surface area contributed by atoms with Crippen molar-refractivity contribution >= 4 is 11.6 Å². The Hall–Kier alpha value is -0.0100. The molecule has 0 N–H and O–H groups in total. The van der Waals surface area contributed by atoms with Crippen LogP contribution in [-0.2, 0) is 0 Å². The van der Waals surface area contributed by atoms with Crippen molar-refractivity contribution in [1.82, 2.24) is 4.90 Å². The molecule has 0 bridgehead atoms. The van der Waals surface area contributed by atoms with Gasteiger partial charge in [0.05, 0.1) is 0 Å². The molecule has 0 aromatic rings. The highest BCUT2D eigenvalue weighted by Crippen LogP contribution is 2.21. The summed E-state index contributed by atoms with van der Waals surface area (Å²) in [5, 5.41) is 0. The van der Waals surface area contributed by atoms with E-state index in [2.05, 4.69) is 24.8 Å². The quantitative estimate of drug-likeness (QED) is 0.485. The fraction of sp³-hybridized carbons (Fsp3) is 0.800. The molecular formula is C10H18ClN. The number of halogens is 1. The third kappa shape index (κ3) is 2.80. The topological polar surface area (TPSA) is 3.24 Å². The lowest BCUT2D eigenvalue weighted by atomic mass is 10.1. The molecule has 1 fully saturated rings. The number of hydrogen-bond acceptors (Lipinski definition) is 1. The number of alkyl halides is 1. The van der Waals surface area contributed by atoms with Gasteiger partial charge in [-0.15, -0.1) is 11.6 Å². The first-order valence-electron chi connectivity index (χ1n) is 4.69. The summed E-state index contributed by atoms with van der Waals surface area (Å²) in [6.07, 6.45) is 5.54. The molecule has 1 nitrogen and oxygen atoms in total. The summed E-state index contributed by atoms with van der Waals surface area (Å²) >= 11 is 5.55. The van der Waals surface area contributed by atoms with Gasteiger partial charge in [0.1, 0.15) is 0 Å². The monoisotopic (exact) mass is 187 g/mol. The minimum absolute atomic E-state index is 0.637. The van der Waals surface area contributed by atoms with E-state index in [0.717, 1.165) is 18.5 Å². The largest absolute Gasteiger partial charge is 0.297 e. The molecule has 12 heavy (non-hydrogen) atoms. The molecule has 1 aliphatic heterocycles. The van der Waals surface area contributed by atoms with Crippen LogP contribution in [0.15, 0.2) is 12.2 Å². The normalized spacial score (nSPS) is 31.9. The molecule has 1 rings (SSSR count). The molecule has 2 unspecified atom stereocenters. The lowest BCUT2D eigenvalue weighted by molar-refractivity contribution is 0.294. The second-order valence-corrected chi connectivity index (χ2v) is 4.08. The third-order valence-corrected chi connectivity index (χ3v) is 2.69. The summed E-state index contributed by atoms with van der Waals surface area (Å²) in [6, 6.07) is 0.750. The zero-order valence-corrected chi connectivity index (χ0v) is 8.72. The molecule has 0 radical (unpaired) electrons. The summed E-state index contributed by atoms with van der Waals surface area (Å²) in [5.74, 6) is 1.50. The summed E-state index contributed by atoms with van der Waals surface area (Å²) in [7, 11) is 0. The Labute approximate surface area is 80.4 Å². The number of nitrogens with zero attached hydrogens (tertiary/aromatic N) is 1. The average Bonchev–Trinajstić information content (AvgIpc) is 2.31. The molecule has 0 saturated carbocycles. The molecular weight excluding hydrogens is 170 g/mol. The van der Waals surface area contributed by atoms with Crippen molar-refractivity contribution in [3.8, 4) is 0 Å². The highest BCUT2D eigenvalue weighted by molar-refractivity contribution is 6.18. The molecule has 0 aliphatic carbocycles. The third-order valence-electron chi connectivity index (χ3n) is 2.51. The average molecular weight is 188 g/mol. The smallest absolute Gasteiger partial charge is 0.0404 e. The van der Waals surface area contributed by atoms with Gasteiger partial charge in [0.2, 0.25) is 0 Å². The molecule has 1 aliphatic rings. The fourth-order valence-electron chi connectivity index (χ4n) is 1.91. The van der Waals surface area contributed by atoms with Crippen molar-refractivity contribution in [3.05, 3.63) is 12.2 Å². The van der Waals surface area contributed by atoms with Crippen LogP contribution in [0, 0.1) is 5.92 Å². The first kappa shape index (κ1) is 10.1. The highest BCUT2D eigenvalue weighted by Gasteiger charge is 2.24. The van der Waals surface area contributed by atoms with Gasteiger partial charge in [-0.3, -0.25) is 4.90 Å². The van der Waals surface area contributed by atoms with E-state index in [0.29, 0.717) is 5.88 Å². The Morgan fingerprint density at radius 1 is 1.42 bits per heavy atom. The fourth-order valence-corrected chi connectivity index (χ4v) is 2.04. The molecule has 0 amide bonds. The van der Waals surface area contributed by atoms with E-state index in [1.54, 1.807) is 0 Å². The summed E-state index contributed by atoms with van der Waals surface area (Å²) in [4.78, 5) is 2.51. The minimum Gasteiger partial charge on any atom is -0.297 e. The van der Waals surface area contributed by atoms with Crippen LogP contribution in [0.5, 0.6) is 0 Å². The molecule has 1 saturated heterocycles. The molecule has 0 spiro atoms. The number of allylic oxidation sites excluding steroid dienone is 1. The van der Waals surface area contributed by atoms with Crippen LogP contribution in [0.25, 0.3) is 0 Å². The van der Waals surface area contributed by atoms with Crippen LogP contribution in [0.2, 0.25) is 0 Å². The second kappa shape index (κ2) is 4.88. The van der Waals surface area contributed by atoms with Gasteiger partial charge in [-0.25, -0.2) is 0 Å². The van der Waals surface area contributed by atoms with E-state index < -0.39 is 0 Å². The van der Waals surface area contributed by atoms with E-state index >= 15 is 0 Å². The summed E-state index contributed by atoms with van der Waals surface area (Å²) < 4.78 is 0. The van der Waals surface area contributed by atoms with Gasteiger partial charge in [-0.2, -0.15) is 0 Å². The van der Waals surface area contributed by atoms with Crippen LogP contribution in [0.3, 0.4) is 0 Å². The van der Waals surface area contributed by atoms with Gasteiger partial charge in [-0.05, 0) is 19.3 Å². The lowest BCUT2D eigenvalue weighted by Gasteiger charge is -2.18. The van der Waals surface area contributed by atoms with Crippen molar-refractivity contribution in [2.75, 3.05) is 19.0 Å². The van der Waals surface area contributed by atoms with E-state index in [1.165, 1.54) is 13.0 Å². The second-order valence-electron chi connectivity index (χ2n) is 3.77. The van der Waals surface area contributed by atoms with Gasteiger partial charge in [0, 0.05) is 25.0 Å². The Morgan fingerprint density at radius 3 is 2.67 bits per heavy atom. The molecule has 2 atom stereocenters. The molecule has 0 aromatic heterocycles. The molecule has 1 heterocycles. The van der Waals surface area contributed by atoms with Gasteiger partial charge >= 0.3 is 0 Å². The Kier molecular flexibility index (Phi) is 4.10. The molecule has 0 aromatic carbocycles. The first-order valence-corrected chi connectivity index (χ1v) is 5.22. The first-order chi connectivity index (χ1) is 5.74. The Balaban J connectivity index is 2.28. The van der Waals surface area contributed by atoms with Gasteiger partial charge in [0.25, 0.3) is 0 Å². The molecule has 2 heteroatoms. The van der Waals surface area contributed by atoms with Crippen LogP contribution < -0.4 is 0 Å². The Bertz CT molecular complexity index is 156. The van der Waals surface area contributed by atoms with E-state index in [-0.39, 0.29) is 0 Å². The van der Waals surface area contributed by atoms with Gasteiger partial charge < -0.3 is 0 Å². The Morgan fingerprint density at radius 2 is 2.17 bits per heavy atom. The predicted octanol–water partition coefficient (Wildman–Crippen LogP) is 2.51. The van der Waals surface area contributed by atoms with Crippen molar-refractivity contribution in [2.24, 2.45) is 5.92 Å². The van der Waals surface area contributed by atoms with Crippen LogP contribution in [-0.4, -0.2) is 29.9 Å². The van der Waals surface area contributed by atoms with E-state index in [9.17, 15) is 0 Å². The SMILES string of the molecule is CC1CC(C)N(C/C=C/CCl)C1. The van der Waals surface area contributed by atoms with Crippen LogP contribution in [0.4, 0.5) is 0 Å². The minimum atomic E-state index is 0.637. The van der Waals surface area contributed by atoms with Gasteiger partial charge in [-0.1, -0.05) is 19.1 Å². The predicted molar refractivity (Wildman–Crippen MR) is 54.7 cm³/mol. The summed E-state index contributed by atoms with van der Waals surface area (Å²) in [6.45, 7) is 6.94. The maximum atomic E-state index is 5.55. The maximum absolute atomic E-state index is 5.55. The van der Waals surface area contributed by atoms with E-state index in [1.807, 2.05) is 6.08 Å². The zero-order valence-electron chi connectivity index (χ0n) is 7.96. The van der Waals surface area contributed by atoms with Gasteiger partial charge in [0.15, 0.2) is 0 Å².